The van der Waals surface area contributed by atoms with E-state index in [2.05, 4.69) is 11.4 Å². The molecule has 0 spiro atoms. The van der Waals surface area contributed by atoms with Crippen molar-refractivity contribution >= 4 is 17.5 Å². The topological polar surface area (TPSA) is 58.6 Å². The summed E-state index contributed by atoms with van der Waals surface area (Å²) in [6.45, 7) is 1.34. The van der Waals surface area contributed by atoms with E-state index >= 15 is 0 Å². The van der Waals surface area contributed by atoms with Crippen molar-refractivity contribution in [3.8, 4) is 0 Å². The number of nitrogens with zero attached hydrogens (tertiary/aromatic N) is 1. The number of anilines is 1. The number of hydrogen-bond donors (Lipinski definition) is 1. The van der Waals surface area contributed by atoms with Gasteiger partial charge in [0.15, 0.2) is 0 Å². The van der Waals surface area contributed by atoms with Crippen LogP contribution in [0, 0.1) is 5.92 Å². The second-order valence-electron chi connectivity index (χ2n) is 7.43. The van der Waals surface area contributed by atoms with E-state index in [4.69, 9.17) is 4.74 Å². The maximum Gasteiger partial charge on any atom is 0.227 e. The number of fused-ring (bicyclic) bond motifs is 2. The minimum Gasteiger partial charge on any atom is -0.374 e. The van der Waals surface area contributed by atoms with E-state index in [0.717, 1.165) is 24.9 Å². The predicted molar refractivity (Wildman–Crippen MR) is 95.2 cm³/mol. The summed E-state index contributed by atoms with van der Waals surface area (Å²) in [5, 5.41) is 2.97. The van der Waals surface area contributed by atoms with Gasteiger partial charge in [-0.1, -0.05) is 31.0 Å². The zero-order chi connectivity index (χ0) is 17.2. The third-order valence-corrected chi connectivity index (χ3v) is 5.87. The molecule has 2 heterocycles. The molecular weight excluding hydrogens is 316 g/mol. The number of morpholine rings is 1. The molecule has 1 aromatic carbocycles. The van der Waals surface area contributed by atoms with Crippen LogP contribution in [-0.2, 0) is 20.7 Å². The summed E-state index contributed by atoms with van der Waals surface area (Å²) < 4.78 is 5.85. The molecule has 5 nitrogen and oxygen atoms in total. The van der Waals surface area contributed by atoms with Crippen LogP contribution in [-0.4, -0.2) is 42.0 Å². The lowest BCUT2D eigenvalue weighted by Crippen LogP contribution is -2.54. The van der Waals surface area contributed by atoms with E-state index in [-0.39, 0.29) is 29.9 Å². The van der Waals surface area contributed by atoms with E-state index in [1.54, 1.807) is 0 Å². The first-order valence-corrected chi connectivity index (χ1v) is 9.52. The summed E-state index contributed by atoms with van der Waals surface area (Å²) in [6, 6.07) is 8.16. The Labute approximate surface area is 148 Å². The third kappa shape index (κ3) is 3.43. The van der Waals surface area contributed by atoms with Gasteiger partial charge in [-0.05, 0) is 37.3 Å². The molecule has 1 N–H and O–H groups in total. The smallest absolute Gasteiger partial charge is 0.227 e. The lowest BCUT2D eigenvalue weighted by atomic mass is 9.88. The fourth-order valence-corrected chi connectivity index (χ4v) is 4.49. The number of ether oxygens (including phenoxy) is 1. The van der Waals surface area contributed by atoms with Gasteiger partial charge in [-0.25, -0.2) is 0 Å². The number of amides is 2. The highest BCUT2D eigenvalue weighted by molar-refractivity contribution is 5.96. The van der Waals surface area contributed by atoms with Crippen molar-refractivity contribution in [2.45, 2.75) is 57.1 Å². The van der Waals surface area contributed by atoms with Crippen LogP contribution in [0.15, 0.2) is 24.3 Å². The van der Waals surface area contributed by atoms with Crippen LogP contribution >= 0.6 is 0 Å². The van der Waals surface area contributed by atoms with E-state index in [9.17, 15) is 9.59 Å². The second kappa shape index (κ2) is 7.16. The number of carbonyl (C=O) groups is 2. The molecule has 0 aromatic heterocycles. The normalized spacial score (nSPS) is 28.7. The number of benzene rings is 1. The zero-order valence-corrected chi connectivity index (χ0v) is 14.6. The van der Waals surface area contributed by atoms with Crippen LogP contribution in [0.1, 0.15) is 44.1 Å². The maximum atomic E-state index is 12.8. The van der Waals surface area contributed by atoms with Crippen molar-refractivity contribution in [3.05, 3.63) is 29.8 Å². The summed E-state index contributed by atoms with van der Waals surface area (Å²) in [5.74, 6) is 0.123. The highest BCUT2D eigenvalue weighted by Gasteiger charge is 2.37. The van der Waals surface area contributed by atoms with Crippen LogP contribution in [0.5, 0.6) is 0 Å². The van der Waals surface area contributed by atoms with E-state index in [1.165, 1.54) is 18.4 Å². The number of hydrogen-bond acceptors (Lipinski definition) is 3. The van der Waals surface area contributed by atoms with E-state index in [0.29, 0.717) is 26.0 Å². The Bertz CT molecular complexity index is 658. The molecule has 1 saturated carbocycles. The minimum atomic E-state index is -0.109. The van der Waals surface area contributed by atoms with Gasteiger partial charge < -0.3 is 15.0 Å². The first-order chi connectivity index (χ1) is 12.2. The summed E-state index contributed by atoms with van der Waals surface area (Å²) in [6.07, 6.45) is 6.50. The Kier molecular flexibility index (Phi) is 4.75. The van der Waals surface area contributed by atoms with Crippen LogP contribution in [0.4, 0.5) is 5.69 Å². The summed E-state index contributed by atoms with van der Waals surface area (Å²) in [5.41, 5.74) is 2.08. The van der Waals surface area contributed by atoms with E-state index < -0.39 is 0 Å². The van der Waals surface area contributed by atoms with Gasteiger partial charge >= 0.3 is 0 Å². The highest BCUT2D eigenvalue weighted by atomic mass is 16.5. The molecule has 4 rings (SSSR count). The Balaban J connectivity index is 1.36. The summed E-state index contributed by atoms with van der Waals surface area (Å²) >= 11 is 0. The second-order valence-corrected chi connectivity index (χ2v) is 7.43. The largest absolute Gasteiger partial charge is 0.374 e. The van der Waals surface area contributed by atoms with Crippen LogP contribution in [0.25, 0.3) is 0 Å². The molecule has 0 bridgehead atoms. The summed E-state index contributed by atoms with van der Waals surface area (Å²) in [4.78, 5) is 27.1. The van der Waals surface area contributed by atoms with Crippen LogP contribution < -0.4 is 5.32 Å². The SMILES string of the molecule is O=C1Nc2ccccc2C[C@@H]1CCC(=O)N1CCO[C@H]2CCCC[C@@H]21. The molecule has 2 fully saturated rings. The molecule has 1 aromatic rings. The molecule has 134 valence electrons. The molecule has 3 atom stereocenters. The van der Waals surface area contributed by atoms with Crippen molar-refractivity contribution in [1.82, 2.24) is 4.90 Å². The fourth-order valence-electron chi connectivity index (χ4n) is 4.49. The number of rotatable bonds is 3. The van der Waals surface area contributed by atoms with Gasteiger partial charge in [-0.3, -0.25) is 9.59 Å². The van der Waals surface area contributed by atoms with E-state index in [1.807, 2.05) is 23.1 Å². The fraction of sp³-hybridized carbons (Fsp3) is 0.600. The van der Waals surface area contributed by atoms with Crippen molar-refractivity contribution in [1.29, 1.82) is 0 Å². The predicted octanol–water partition coefficient (Wildman–Crippen LogP) is 2.75. The standard InChI is InChI=1S/C20H26N2O3/c23-19(22-11-12-25-18-8-4-3-7-17(18)22)10-9-15-13-14-5-1-2-6-16(14)21-20(15)24/h1-2,5-6,15,17-18H,3-4,7-13H2,(H,21,24)/t15-,17-,18-/m0/s1. The lowest BCUT2D eigenvalue weighted by Gasteiger charge is -2.44. The van der Waals surface area contributed by atoms with Gasteiger partial charge in [0.25, 0.3) is 0 Å². The quantitative estimate of drug-likeness (QED) is 0.919. The lowest BCUT2D eigenvalue weighted by molar-refractivity contribution is -0.149. The average Bonchev–Trinajstić information content (AvgIpc) is 2.65. The molecule has 2 aliphatic heterocycles. The van der Waals surface area contributed by atoms with Crippen molar-refractivity contribution < 1.29 is 14.3 Å². The van der Waals surface area contributed by atoms with Gasteiger partial charge in [-0.2, -0.15) is 0 Å². The number of carbonyl (C=O) groups excluding carboxylic acids is 2. The molecule has 2 amide bonds. The van der Waals surface area contributed by atoms with Crippen LogP contribution in [0.3, 0.4) is 0 Å². The molecular formula is C20H26N2O3. The Morgan fingerprint density at radius 1 is 1.24 bits per heavy atom. The van der Waals surface area contributed by atoms with Gasteiger partial charge in [0, 0.05) is 24.6 Å². The first-order valence-electron chi connectivity index (χ1n) is 9.52. The molecule has 5 heteroatoms. The molecule has 1 aliphatic carbocycles. The van der Waals surface area contributed by atoms with Gasteiger partial charge in [0.2, 0.25) is 11.8 Å². The third-order valence-electron chi connectivity index (χ3n) is 5.87. The van der Waals surface area contributed by atoms with Gasteiger partial charge in [0.05, 0.1) is 18.8 Å². The zero-order valence-electron chi connectivity index (χ0n) is 14.6. The van der Waals surface area contributed by atoms with Crippen molar-refractivity contribution in [2.75, 3.05) is 18.5 Å². The monoisotopic (exact) mass is 342 g/mol. The van der Waals surface area contributed by atoms with Gasteiger partial charge in [0.1, 0.15) is 0 Å². The molecule has 0 radical (unpaired) electrons. The number of para-hydroxylation sites is 1. The van der Waals surface area contributed by atoms with Crippen molar-refractivity contribution in [2.24, 2.45) is 5.92 Å². The Hall–Kier alpha value is -1.88. The highest BCUT2D eigenvalue weighted by Crippen LogP contribution is 2.31. The minimum absolute atomic E-state index is 0.0454. The first kappa shape index (κ1) is 16.6. The van der Waals surface area contributed by atoms with Gasteiger partial charge in [-0.15, -0.1) is 0 Å². The Morgan fingerprint density at radius 3 is 3.00 bits per heavy atom. The maximum absolute atomic E-state index is 12.8. The molecule has 0 unspecified atom stereocenters. The molecule has 1 saturated heterocycles. The summed E-state index contributed by atoms with van der Waals surface area (Å²) in [7, 11) is 0. The van der Waals surface area contributed by atoms with Crippen molar-refractivity contribution in [3.63, 3.8) is 0 Å². The average molecular weight is 342 g/mol. The van der Waals surface area contributed by atoms with Crippen LogP contribution in [0.2, 0.25) is 0 Å². The molecule has 25 heavy (non-hydrogen) atoms. The Morgan fingerprint density at radius 2 is 2.08 bits per heavy atom. The number of nitrogens with one attached hydrogen (secondary N) is 1. The molecule has 3 aliphatic rings.